The molecule has 4 atom stereocenters. The first-order valence-electron chi connectivity index (χ1n) is 35.2. The molecule has 0 fully saturated rings. The topological polar surface area (TPSA) is 361 Å². The van der Waals surface area contributed by atoms with E-state index in [1.807, 2.05) is 99.6 Å². The Hall–Kier alpha value is -8.02. The summed E-state index contributed by atoms with van der Waals surface area (Å²) in [6.07, 6.45) is 12.5. The first-order chi connectivity index (χ1) is 48.5. The molecule has 0 aromatic heterocycles. The van der Waals surface area contributed by atoms with E-state index in [1.54, 1.807) is 37.3 Å². The first kappa shape index (κ1) is 82.3. The average molecular weight is 1480 g/mol. The number of fused-ring (bicyclic) bond motifs is 2. The molecule has 8 N–H and O–H groups in total. The number of ketones is 2. The molecule has 3 aliphatic rings. The third kappa shape index (κ3) is 24.5. The minimum Gasteiger partial charge on any atom is -0.480 e. The van der Waals surface area contributed by atoms with Crippen molar-refractivity contribution in [2.24, 2.45) is 5.92 Å². The van der Waals surface area contributed by atoms with Crippen molar-refractivity contribution in [3.63, 3.8) is 0 Å². The van der Waals surface area contributed by atoms with Crippen molar-refractivity contribution in [2.75, 3.05) is 64.9 Å². The van der Waals surface area contributed by atoms with Crippen molar-refractivity contribution in [3.05, 3.63) is 172 Å². The van der Waals surface area contributed by atoms with Gasteiger partial charge in [0.2, 0.25) is 11.6 Å². The Morgan fingerprint density at radius 1 is 0.650 bits per heavy atom. The lowest BCUT2D eigenvalue weighted by atomic mass is 9.79. The molecule has 24 nitrogen and oxygen atoms in total. The van der Waals surface area contributed by atoms with Gasteiger partial charge in [-0.3, -0.25) is 28.0 Å². The number of benzene rings is 4. The Morgan fingerprint density at radius 3 is 1.94 bits per heavy atom. The number of hydrogen-bond donors (Lipinski definition) is 8. The van der Waals surface area contributed by atoms with Gasteiger partial charge < -0.3 is 40.7 Å². The monoisotopic (exact) mass is 1480 g/mol. The van der Waals surface area contributed by atoms with E-state index < -0.39 is 88.8 Å². The number of amides is 3. The van der Waals surface area contributed by atoms with Crippen molar-refractivity contribution in [3.8, 4) is 5.75 Å². The summed E-state index contributed by atoms with van der Waals surface area (Å²) in [7, 11) is -9.19. The molecule has 27 heteroatoms. The Labute approximate surface area is 606 Å². The fraction of sp³-hybridized carbons (Fsp3) is 0.487. The first-order valence-corrected chi connectivity index (χ1v) is 39.8. The van der Waals surface area contributed by atoms with E-state index in [-0.39, 0.29) is 85.9 Å². The molecule has 3 amide bonds. The number of ether oxygens (including phenoxy) is 1. The second-order valence-corrected chi connectivity index (χ2v) is 32.7. The second kappa shape index (κ2) is 37.1. The number of carboxylic acids is 2. The maximum absolute atomic E-state index is 14.3. The zero-order valence-electron chi connectivity index (χ0n) is 59.9. The van der Waals surface area contributed by atoms with Crippen LogP contribution in [0.4, 0.5) is 10.5 Å². The number of likely N-dealkylation sites (N-methyl/N-ethyl adjacent to an activating group) is 2. The molecule has 1 unspecified atom stereocenters. The molecule has 4 aromatic rings. The van der Waals surface area contributed by atoms with Crippen LogP contribution < -0.4 is 20.7 Å². The molecule has 2 aliphatic carbocycles. The lowest BCUT2D eigenvalue weighted by Gasteiger charge is -2.25. The number of rotatable bonds is 41. The summed E-state index contributed by atoms with van der Waals surface area (Å²) in [4.78, 5) is 81.0. The quantitative estimate of drug-likeness (QED) is 0.0116. The smallest absolute Gasteiger partial charge is 0.326 e. The lowest BCUT2D eigenvalue weighted by molar-refractivity contribution is -0.438. The van der Waals surface area contributed by atoms with Gasteiger partial charge in [0.1, 0.15) is 41.7 Å². The second-order valence-electron chi connectivity index (χ2n) is 28.1. The largest absolute Gasteiger partial charge is 0.480 e. The van der Waals surface area contributed by atoms with Crippen molar-refractivity contribution in [1.29, 1.82) is 0 Å². The standard InChI is InChI=1S/C76H100N6O18S3/c1-8-77-74(90)79-66(72(86)87)38-32-57(83)24-19-41-80(6)44-45-81(7)43-40-58(84)50-56(48-52-20-10-9-11-21-52)71(85)78-67(73(88)89)49-53-28-33-59(34-29-53)100-70-54(30-37-63-61(25-14-16-46-101(91,92)93)62-36-35-60(103(97,98)99)51-65(62)75(63,2)3)22-18-23-55(70)31-39-69-76(4,5)64-26-12-13-27-68(64)82(69)42-15-17-47-102(94,95)96/h9-13,20-21,26-31,33-37,39,51,56,61,66-67H,8,14-19,22-25,32,38,40-50H2,1-7H3,(H7-,77,78,79,85,86,87,88,89,90,91,92,93,94,95,96,97,98,99)/p+1/b39-31+,54-30+,63-37-/t56-,61?,66+,67+/m1/s1. The van der Waals surface area contributed by atoms with Gasteiger partial charge in [0, 0.05) is 99.7 Å². The highest BCUT2D eigenvalue weighted by Gasteiger charge is 2.45. The Kier molecular flexibility index (Phi) is 29.6. The van der Waals surface area contributed by atoms with Crippen LogP contribution >= 0.6 is 0 Å². The van der Waals surface area contributed by atoms with Crippen LogP contribution in [0.5, 0.6) is 5.75 Å². The third-order valence-electron chi connectivity index (χ3n) is 19.5. The summed E-state index contributed by atoms with van der Waals surface area (Å²) in [5, 5.41) is 27.7. The third-order valence-corrected chi connectivity index (χ3v) is 21.9. The molecule has 1 heterocycles. The fourth-order valence-electron chi connectivity index (χ4n) is 13.8. The van der Waals surface area contributed by atoms with Crippen LogP contribution in [0, 0.1) is 5.92 Å². The minimum absolute atomic E-state index is 0.0102. The molecule has 0 spiro atoms. The van der Waals surface area contributed by atoms with Gasteiger partial charge in [0.25, 0.3) is 30.4 Å². The number of carboxylic acid groups (broad SMARTS) is 2. The number of hydrogen-bond acceptors (Lipinski definition) is 15. The molecule has 0 saturated carbocycles. The molecule has 0 radical (unpaired) electrons. The molecule has 560 valence electrons. The van der Waals surface area contributed by atoms with Crippen LogP contribution in [0.15, 0.2) is 149 Å². The summed E-state index contributed by atoms with van der Waals surface area (Å²) in [5.74, 6) is -4.43. The maximum atomic E-state index is 14.3. The highest BCUT2D eigenvalue weighted by Crippen LogP contribution is 2.53. The Bertz CT molecular complexity index is 4220. The van der Waals surface area contributed by atoms with Gasteiger partial charge in [-0.2, -0.15) is 29.8 Å². The van der Waals surface area contributed by atoms with Gasteiger partial charge in [0.15, 0.2) is 5.71 Å². The molecule has 0 bridgehead atoms. The Morgan fingerprint density at radius 2 is 1.29 bits per heavy atom. The molecule has 7 rings (SSSR count). The summed E-state index contributed by atoms with van der Waals surface area (Å²) in [6.45, 7) is 12.9. The van der Waals surface area contributed by atoms with E-state index in [4.69, 9.17) is 4.74 Å². The van der Waals surface area contributed by atoms with Crippen molar-refractivity contribution in [1.82, 2.24) is 25.8 Å². The van der Waals surface area contributed by atoms with Gasteiger partial charge in [-0.25, -0.2) is 14.4 Å². The summed E-state index contributed by atoms with van der Waals surface area (Å²) < 4.78 is 110. The number of unbranched alkanes of at least 4 members (excludes halogenated alkanes) is 2. The van der Waals surface area contributed by atoms with Gasteiger partial charge in [0.05, 0.1) is 21.8 Å². The number of allylic oxidation sites excluding steroid dienone is 7. The summed E-state index contributed by atoms with van der Waals surface area (Å²) >= 11 is 0. The van der Waals surface area contributed by atoms with Crippen LogP contribution in [0.3, 0.4) is 0 Å². The average Bonchev–Trinajstić information content (AvgIpc) is 1.60. The molecular weight excluding hydrogens is 1380 g/mol. The fourth-order valence-corrected chi connectivity index (χ4v) is 15.4. The van der Waals surface area contributed by atoms with E-state index >= 15 is 0 Å². The van der Waals surface area contributed by atoms with Crippen molar-refractivity contribution >= 4 is 77.2 Å². The predicted molar refractivity (Wildman–Crippen MR) is 394 cm³/mol. The number of aliphatic carboxylic acids is 2. The van der Waals surface area contributed by atoms with E-state index in [2.05, 4.69) is 51.4 Å². The number of para-hydroxylation sites is 1. The number of urea groups is 1. The van der Waals surface area contributed by atoms with E-state index in [0.29, 0.717) is 107 Å². The van der Waals surface area contributed by atoms with Crippen LogP contribution in [-0.4, -0.2) is 182 Å². The number of carbonyl (C=O) groups excluding carboxylic acids is 4. The molecule has 4 aromatic carbocycles. The highest BCUT2D eigenvalue weighted by molar-refractivity contribution is 7.86. The number of nitrogens with zero attached hydrogens (tertiary/aromatic N) is 3. The molecule has 1 aliphatic heterocycles. The van der Waals surface area contributed by atoms with Gasteiger partial charge in [-0.15, -0.1) is 0 Å². The van der Waals surface area contributed by atoms with Crippen LogP contribution in [0.2, 0.25) is 0 Å². The van der Waals surface area contributed by atoms with E-state index in [0.717, 1.165) is 44.8 Å². The maximum Gasteiger partial charge on any atom is 0.326 e. The van der Waals surface area contributed by atoms with E-state index in [9.17, 15) is 77.9 Å². The van der Waals surface area contributed by atoms with Crippen LogP contribution in [0.25, 0.3) is 0 Å². The van der Waals surface area contributed by atoms with E-state index in [1.165, 1.54) is 12.1 Å². The van der Waals surface area contributed by atoms with Crippen LogP contribution in [-0.2, 0) is 78.0 Å². The normalized spacial score (nSPS) is 17.5. The van der Waals surface area contributed by atoms with Gasteiger partial charge >= 0.3 is 18.0 Å². The SMILES string of the molecule is CCNC(=O)N[C@@H](CCC(=O)CCCN(C)CCN(C)CCC(=O)C[C@@H](Cc1ccccc1)C(=O)N[C@@H](Cc1ccc(OC2=C(/C=C/C3=[N+](CCCCS(=O)(=O)O)c4ccccc4C3(C)C)CCC/C2=C\C=C2\C(CCCCS(=O)(=O)O)c3ccc(S(=O)(=O)O)cc3C2(C)C)cc1)C(=O)O)C(=O)O. The summed E-state index contributed by atoms with van der Waals surface area (Å²) in [5.41, 5.74) is 7.08. The predicted octanol–water partition coefficient (Wildman–Crippen LogP) is 10.1. The summed E-state index contributed by atoms with van der Waals surface area (Å²) in [6, 6.07) is 25.4. The molecular formula is C76H101N6O18S3+. The zero-order chi connectivity index (χ0) is 75.5. The van der Waals surface area contributed by atoms with Crippen LogP contribution in [0.1, 0.15) is 158 Å². The minimum atomic E-state index is -4.58. The molecule has 0 saturated heterocycles. The number of carbonyl (C=O) groups is 6. The lowest BCUT2D eigenvalue weighted by Crippen LogP contribution is -2.46. The number of nitrogens with one attached hydrogen (secondary N) is 3. The number of Topliss-reactive ketones (excluding diaryl/α,β-unsaturated/α-hetero) is 2. The molecule has 103 heavy (non-hydrogen) atoms. The van der Waals surface area contributed by atoms with Gasteiger partial charge in [-0.1, -0.05) is 105 Å². The highest BCUT2D eigenvalue weighted by atomic mass is 32.2. The van der Waals surface area contributed by atoms with Crippen molar-refractivity contribution < 1.29 is 87.2 Å². The zero-order valence-corrected chi connectivity index (χ0v) is 62.4. The van der Waals surface area contributed by atoms with Crippen molar-refractivity contribution in [2.45, 2.75) is 171 Å². The van der Waals surface area contributed by atoms with Gasteiger partial charge in [-0.05, 0) is 163 Å². The Balaban J connectivity index is 1.09.